The van der Waals surface area contributed by atoms with Crippen LogP contribution in [-0.4, -0.2) is 51.8 Å². The Bertz CT molecular complexity index is 396. The molecule has 2 unspecified atom stereocenters. The number of rotatable bonds is 22. The van der Waals surface area contributed by atoms with Gasteiger partial charge in [0, 0.05) is 11.4 Å². The molecule has 0 aliphatic heterocycles. The van der Waals surface area contributed by atoms with Crippen molar-refractivity contribution in [1.82, 2.24) is 0 Å². The molecule has 4 N–H and O–H groups in total. The Hall–Kier alpha value is 0.946. The first-order valence-corrected chi connectivity index (χ1v) is 12.2. The first-order valence-electron chi connectivity index (χ1n) is 12.2. The van der Waals surface area contributed by atoms with E-state index in [-0.39, 0.29) is 70.6 Å². The number of carboxylic acid groups (broad SMARTS) is 1. The summed E-state index contributed by atoms with van der Waals surface area (Å²) in [7, 11) is 0. The second kappa shape index (κ2) is 22.7. The molecule has 6 nitrogen and oxygen atoms in total. The van der Waals surface area contributed by atoms with Crippen LogP contribution in [-0.2, 0) is 4.79 Å². The number of aliphatic hydroxyl groups is 4. The van der Waals surface area contributed by atoms with Crippen LogP contribution in [0, 0.1) is 5.41 Å². The average Bonchev–Trinajstić information content (AvgIpc) is 2.73. The molecular formula is C24H47KO6. The summed E-state index contributed by atoms with van der Waals surface area (Å²) in [4.78, 5) is 11.8. The zero-order chi connectivity index (χ0) is 22.7. The standard InChI is InChI=1S/C24H48O6.K/c1-2-3-4-5-6-7-8-9-10-11-12-13-14-15-16-24(23(29)30,17-21(27)19-25)18-22(28)20-26;/h21-22,25-28H,2-20H2,1H3,(H,29,30);/q;+1/p-1. The zero-order valence-electron chi connectivity index (χ0n) is 20.2. The SMILES string of the molecule is CCCCCCCCCCCCCCCCC(CC(O)CO)(CC(O)CO)C(=O)[O-].[K+]. The van der Waals surface area contributed by atoms with E-state index in [4.69, 9.17) is 10.2 Å². The van der Waals surface area contributed by atoms with E-state index in [9.17, 15) is 20.1 Å². The Morgan fingerprint density at radius 3 is 1.32 bits per heavy atom. The Morgan fingerprint density at radius 1 is 0.710 bits per heavy atom. The number of aliphatic hydroxyl groups excluding tert-OH is 4. The number of aliphatic carboxylic acids is 1. The largest absolute Gasteiger partial charge is 1.00 e. The van der Waals surface area contributed by atoms with Crippen molar-refractivity contribution in [3.8, 4) is 0 Å². The Morgan fingerprint density at radius 2 is 1.03 bits per heavy atom. The fraction of sp³-hybridized carbons (Fsp3) is 0.958. The summed E-state index contributed by atoms with van der Waals surface area (Å²) in [5.41, 5.74) is -1.43. The topological polar surface area (TPSA) is 121 Å². The number of carbonyl (C=O) groups is 1. The van der Waals surface area contributed by atoms with Crippen molar-refractivity contribution in [3.05, 3.63) is 0 Å². The number of carboxylic acids is 1. The van der Waals surface area contributed by atoms with Crippen molar-refractivity contribution in [2.75, 3.05) is 13.2 Å². The van der Waals surface area contributed by atoms with Crippen LogP contribution in [0.4, 0.5) is 0 Å². The Labute approximate surface area is 232 Å². The van der Waals surface area contributed by atoms with Gasteiger partial charge >= 0.3 is 51.4 Å². The van der Waals surface area contributed by atoms with E-state index in [0.717, 1.165) is 19.3 Å². The molecule has 0 spiro atoms. The van der Waals surface area contributed by atoms with Crippen molar-refractivity contribution >= 4 is 5.97 Å². The number of hydrogen-bond donors (Lipinski definition) is 4. The second-order valence-corrected chi connectivity index (χ2v) is 9.00. The number of unbranched alkanes of at least 4 members (excludes halogenated alkanes) is 13. The van der Waals surface area contributed by atoms with Crippen LogP contribution in [0.2, 0.25) is 0 Å². The van der Waals surface area contributed by atoms with Crippen LogP contribution in [0.3, 0.4) is 0 Å². The summed E-state index contributed by atoms with van der Waals surface area (Å²) in [6.45, 7) is 1.16. The van der Waals surface area contributed by atoms with Crippen LogP contribution < -0.4 is 56.5 Å². The molecule has 0 rings (SSSR count). The summed E-state index contributed by atoms with van der Waals surface area (Å²) in [6.07, 6.45) is 14.4. The second-order valence-electron chi connectivity index (χ2n) is 9.00. The van der Waals surface area contributed by atoms with E-state index in [1.807, 2.05) is 0 Å². The minimum Gasteiger partial charge on any atom is -0.550 e. The Balaban J connectivity index is 0. The van der Waals surface area contributed by atoms with Gasteiger partial charge in [-0.05, 0) is 19.3 Å². The number of carbonyl (C=O) groups excluding carboxylic acids is 1. The molecule has 0 saturated heterocycles. The molecule has 0 aromatic carbocycles. The number of hydrogen-bond acceptors (Lipinski definition) is 6. The van der Waals surface area contributed by atoms with E-state index >= 15 is 0 Å². The van der Waals surface area contributed by atoms with E-state index in [0.29, 0.717) is 6.42 Å². The van der Waals surface area contributed by atoms with Gasteiger partial charge in [-0.25, -0.2) is 0 Å². The molecule has 31 heavy (non-hydrogen) atoms. The molecule has 0 aromatic rings. The maximum absolute atomic E-state index is 11.8. The summed E-state index contributed by atoms with van der Waals surface area (Å²) in [5.74, 6) is -1.34. The molecule has 2 atom stereocenters. The van der Waals surface area contributed by atoms with Crippen molar-refractivity contribution in [1.29, 1.82) is 0 Å². The minimum absolute atomic E-state index is 0. The average molecular weight is 471 g/mol. The first kappa shape index (κ1) is 34.1. The van der Waals surface area contributed by atoms with Crippen LogP contribution in [0.5, 0.6) is 0 Å². The maximum atomic E-state index is 11.8. The third kappa shape index (κ3) is 18.0. The predicted molar refractivity (Wildman–Crippen MR) is 118 cm³/mol. The van der Waals surface area contributed by atoms with Gasteiger partial charge in [0.05, 0.1) is 25.4 Å². The molecule has 0 aliphatic rings. The molecule has 7 heteroatoms. The van der Waals surface area contributed by atoms with Crippen LogP contribution >= 0.6 is 0 Å². The fourth-order valence-corrected chi connectivity index (χ4v) is 4.25. The molecule has 0 aromatic heterocycles. The van der Waals surface area contributed by atoms with Gasteiger partial charge in [-0.2, -0.15) is 0 Å². The zero-order valence-corrected chi connectivity index (χ0v) is 23.3. The normalized spacial score (nSPS) is 15.1. The third-order valence-corrected chi connectivity index (χ3v) is 6.12. The van der Waals surface area contributed by atoms with Gasteiger partial charge in [0.1, 0.15) is 0 Å². The Kier molecular flexibility index (Phi) is 25.0. The third-order valence-electron chi connectivity index (χ3n) is 6.12. The monoisotopic (exact) mass is 470 g/mol. The van der Waals surface area contributed by atoms with Gasteiger partial charge in [-0.3, -0.25) is 0 Å². The molecule has 0 fully saturated rings. The van der Waals surface area contributed by atoms with Gasteiger partial charge < -0.3 is 30.3 Å². The van der Waals surface area contributed by atoms with Crippen molar-refractivity contribution in [2.45, 2.75) is 128 Å². The van der Waals surface area contributed by atoms with Crippen LogP contribution in [0.25, 0.3) is 0 Å². The van der Waals surface area contributed by atoms with E-state index in [2.05, 4.69) is 6.92 Å². The van der Waals surface area contributed by atoms with Crippen LogP contribution in [0.15, 0.2) is 0 Å². The molecule has 0 heterocycles. The maximum Gasteiger partial charge on any atom is 1.00 e. The predicted octanol–water partition coefficient (Wildman–Crippen LogP) is 0.0847. The molecule has 0 aliphatic carbocycles. The van der Waals surface area contributed by atoms with Crippen molar-refractivity contribution in [2.24, 2.45) is 5.41 Å². The van der Waals surface area contributed by atoms with Crippen LogP contribution in [0.1, 0.15) is 116 Å². The smallest absolute Gasteiger partial charge is 0.550 e. The quantitative estimate of drug-likeness (QED) is 0.131. The van der Waals surface area contributed by atoms with Gasteiger partial charge in [0.15, 0.2) is 0 Å². The minimum atomic E-state index is -1.43. The summed E-state index contributed by atoms with van der Waals surface area (Å²) >= 11 is 0. The summed E-state index contributed by atoms with van der Waals surface area (Å²) in [5, 5.41) is 49.5. The van der Waals surface area contributed by atoms with Crippen molar-refractivity contribution < 1.29 is 81.7 Å². The first-order chi connectivity index (χ1) is 14.4. The van der Waals surface area contributed by atoms with E-state index in [1.54, 1.807) is 0 Å². The molecule has 0 radical (unpaired) electrons. The van der Waals surface area contributed by atoms with Crippen molar-refractivity contribution in [3.63, 3.8) is 0 Å². The van der Waals surface area contributed by atoms with Gasteiger partial charge in [-0.15, -0.1) is 0 Å². The van der Waals surface area contributed by atoms with Gasteiger partial charge in [-0.1, -0.05) is 96.8 Å². The van der Waals surface area contributed by atoms with E-state index < -0.39 is 36.8 Å². The molecular weight excluding hydrogens is 423 g/mol. The fourth-order valence-electron chi connectivity index (χ4n) is 4.25. The van der Waals surface area contributed by atoms with Gasteiger partial charge in [0.2, 0.25) is 0 Å². The molecule has 0 saturated carbocycles. The molecule has 180 valence electrons. The van der Waals surface area contributed by atoms with E-state index in [1.165, 1.54) is 64.2 Å². The van der Waals surface area contributed by atoms with Gasteiger partial charge in [0.25, 0.3) is 0 Å². The summed E-state index contributed by atoms with van der Waals surface area (Å²) < 4.78 is 0. The summed E-state index contributed by atoms with van der Waals surface area (Å²) in [6, 6.07) is 0. The molecule has 0 bridgehead atoms. The molecule has 0 amide bonds.